The first-order chi connectivity index (χ1) is 11.8. The molecule has 0 radical (unpaired) electrons. The fourth-order valence-corrected chi connectivity index (χ4v) is 1.58. The molecule has 0 aromatic carbocycles. The van der Waals surface area contributed by atoms with E-state index in [0.717, 1.165) is 18.3 Å². The molecule has 1 aliphatic carbocycles. The van der Waals surface area contributed by atoms with Crippen LogP contribution in [0.4, 0.5) is 13.2 Å². The van der Waals surface area contributed by atoms with Crippen LogP contribution in [-0.2, 0) is 0 Å². The van der Waals surface area contributed by atoms with Crippen molar-refractivity contribution in [3.8, 4) is 6.07 Å². The Kier molecular flexibility index (Phi) is 25.0. The molecule has 0 heterocycles. The monoisotopic (exact) mass is 397 g/mol. The third kappa shape index (κ3) is 45.9. The summed E-state index contributed by atoms with van der Waals surface area (Å²) >= 11 is 0. The summed E-state index contributed by atoms with van der Waals surface area (Å²) in [6.07, 6.45) is 0.0880. The van der Waals surface area contributed by atoms with Gasteiger partial charge in [0.15, 0.2) is 0 Å². The van der Waals surface area contributed by atoms with E-state index >= 15 is 0 Å². The summed E-state index contributed by atoms with van der Waals surface area (Å²) in [5.74, 6) is 2.90. The first-order valence-electron chi connectivity index (χ1n) is 9.81. The van der Waals surface area contributed by atoms with E-state index in [0.29, 0.717) is 24.9 Å². The maximum absolute atomic E-state index is 11.3. The van der Waals surface area contributed by atoms with Crippen LogP contribution >= 0.6 is 0 Å². The van der Waals surface area contributed by atoms with Crippen molar-refractivity contribution in [1.82, 2.24) is 0 Å². The number of aliphatic hydroxyl groups excluding tert-OH is 1. The summed E-state index contributed by atoms with van der Waals surface area (Å²) in [7, 11) is 0. The normalized spacial score (nSPS) is 12.9. The van der Waals surface area contributed by atoms with Gasteiger partial charge < -0.3 is 5.11 Å². The number of aliphatic hydroxyl groups is 1. The quantitative estimate of drug-likeness (QED) is 0.513. The lowest BCUT2D eigenvalue weighted by atomic mass is 10.1. The van der Waals surface area contributed by atoms with Crippen LogP contribution < -0.4 is 0 Å². The van der Waals surface area contributed by atoms with E-state index < -0.39 is 12.6 Å². The van der Waals surface area contributed by atoms with E-state index in [4.69, 9.17) is 10.4 Å². The highest BCUT2D eigenvalue weighted by Crippen LogP contribution is 2.35. The van der Waals surface area contributed by atoms with Gasteiger partial charge in [0.05, 0.1) is 6.07 Å². The van der Waals surface area contributed by atoms with Gasteiger partial charge in [-0.3, -0.25) is 0 Å². The van der Waals surface area contributed by atoms with Gasteiger partial charge in [0.2, 0.25) is 0 Å². The zero-order valence-electron chi connectivity index (χ0n) is 18.2. The summed E-state index contributed by atoms with van der Waals surface area (Å²) in [6.45, 7) is 16.2. The van der Waals surface area contributed by atoms with E-state index in [9.17, 15) is 13.2 Å². The predicted molar refractivity (Wildman–Crippen MR) is 111 cm³/mol. The Morgan fingerprint density at radius 2 is 1.33 bits per heavy atom. The molecule has 27 heavy (non-hydrogen) atoms. The zero-order valence-corrected chi connectivity index (χ0v) is 18.2. The molecule has 0 amide bonds. The summed E-state index contributed by atoms with van der Waals surface area (Å²) in [6, 6.07) is 2.10. The number of halogens is 3. The Morgan fingerprint density at radius 1 is 0.926 bits per heavy atom. The molecule has 1 saturated carbocycles. The minimum atomic E-state index is -3.98. The molecule has 5 heteroatoms. The number of alkyl halides is 3. The number of rotatable bonds is 5. The van der Waals surface area contributed by atoms with Gasteiger partial charge in [0.25, 0.3) is 0 Å². The maximum atomic E-state index is 11.3. The van der Waals surface area contributed by atoms with Gasteiger partial charge in [0.1, 0.15) is 0 Å². The van der Waals surface area contributed by atoms with Crippen LogP contribution in [0.25, 0.3) is 0 Å². The second-order valence-corrected chi connectivity index (χ2v) is 8.46. The van der Waals surface area contributed by atoms with Crippen LogP contribution in [0.1, 0.15) is 94.9 Å². The third-order valence-corrected chi connectivity index (χ3v) is 3.40. The maximum Gasteiger partial charge on any atom is 0.389 e. The third-order valence-electron chi connectivity index (χ3n) is 3.40. The highest BCUT2D eigenvalue weighted by atomic mass is 19.4. The molecule has 0 aromatic heterocycles. The number of nitriles is 1. The highest BCUT2D eigenvalue weighted by molar-refractivity contribution is 4.75. The fraction of sp³-hybridized carbons (Fsp3) is 0.955. The standard InChI is InChI=1S/C6H11N.C6H12.C5H9F3.C4H10O.CH4/c1-6(2)4-3-5-7;1-5(2)6-3-4-6;1-4(2)3-5(6,7)8;1-4(2)3-5;/h6H,3-4H2,1-2H3;5-6H,3-4H2,1-2H3;4H,3H2,1-2H3;4-5H,3H2,1-2H3;1H4. The summed E-state index contributed by atoms with van der Waals surface area (Å²) in [5.41, 5.74) is 0. The molecule has 0 atom stereocenters. The van der Waals surface area contributed by atoms with Gasteiger partial charge in [-0.2, -0.15) is 18.4 Å². The van der Waals surface area contributed by atoms with Crippen LogP contribution in [0.5, 0.6) is 0 Å². The van der Waals surface area contributed by atoms with Crippen molar-refractivity contribution in [2.45, 2.75) is 101 Å². The van der Waals surface area contributed by atoms with E-state index in [2.05, 4.69) is 33.8 Å². The topological polar surface area (TPSA) is 44.0 Å². The average Bonchev–Trinajstić information content (AvgIpc) is 3.29. The predicted octanol–water partition coefficient (Wildman–Crippen LogP) is 7.86. The van der Waals surface area contributed by atoms with E-state index in [1.807, 2.05) is 13.8 Å². The second-order valence-electron chi connectivity index (χ2n) is 8.46. The lowest BCUT2D eigenvalue weighted by Crippen LogP contribution is -2.10. The summed E-state index contributed by atoms with van der Waals surface area (Å²) in [4.78, 5) is 0. The van der Waals surface area contributed by atoms with Gasteiger partial charge in [0, 0.05) is 19.4 Å². The van der Waals surface area contributed by atoms with Crippen LogP contribution in [0, 0.1) is 40.9 Å². The molecular formula is C22H46F3NO. The molecule has 0 bridgehead atoms. The van der Waals surface area contributed by atoms with E-state index in [1.165, 1.54) is 12.8 Å². The Bertz CT molecular complexity index is 327. The van der Waals surface area contributed by atoms with Crippen molar-refractivity contribution < 1.29 is 18.3 Å². The molecule has 0 aromatic rings. The van der Waals surface area contributed by atoms with Crippen LogP contribution in [0.2, 0.25) is 0 Å². The van der Waals surface area contributed by atoms with Gasteiger partial charge in [-0.25, -0.2) is 0 Å². The van der Waals surface area contributed by atoms with Gasteiger partial charge >= 0.3 is 6.18 Å². The first-order valence-corrected chi connectivity index (χ1v) is 9.81. The van der Waals surface area contributed by atoms with Gasteiger partial charge in [-0.1, -0.05) is 62.8 Å². The smallest absolute Gasteiger partial charge is 0.389 e. The lowest BCUT2D eigenvalue weighted by Gasteiger charge is -2.07. The Hall–Kier alpha value is -0.760. The van der Waals surface area contributed by atoms with E-state index in [-0.39, 0.29) is 13.3 Å². The lowest BCUT2D eigenvalue weighted by molar-refractivity contribution is -0.141. The van der Waals surface area contributed by atoms with Gasteiger partial charge in [-0.05, 0) is 48.9 Å². The zero-order chi connectivity index (χ0) is 21.3. The fourth-order valence-electron chi connectivity index (χ4n) is 1.58. The van der Waals surface area contributed by atoms with Crippen LogP contribution in [0.15, 0.2) is 0 Å². The molecule has 1 aliphatic rings. The molecule has 0 spiro atoms. The van der Waals surface area contributed by atoms with Crippen molar-refractivity contribution >= 4 is 0 Å². The second kappa shape index (κ2) is 20.0. The number of hydrogen-bond donors (Lipinski definition) is 1. The van der Waals surface area contributed by atoms with Crippen molar-refractivity contribution in [3.63, 3.8) is 0 Å². The van der Waals surface area contributed by atoms with Crippen molar-refractivity contribution in [3.05, 3.63) is 0 Å². The van der Waals surface area contributed by atoms with Crippen molar-refractivity contribution in [2.24, 2.45) is 29.6 Å². The Labute approximate surface area is 167 Å². The molecule has 1 N–H and O–H groups in total. The molecule has 0 saturated heterocycles. The van der Waals surface area contributed by atoms with Gasteiger partial charge in [-0.15, -0.1) is 0 Å². The summed E-state index contributed by atoms with van der Waals surface area (Å²) in [5, 5.41) is 16.2. The molecular weight excluding hydrogens is 351 g/mol. The number of hydrogen-bond acceptors (Lipinski definition) is 2. The SMILES string of the molecule is C.CC(C)C1CC1.CC(C)CC(F)(F)F.CC(C)CCC#N.CC(C)CO. The Balaban J connectivity index is -0.000000131. The minimum Gasteiger partial charge on any atom is -0.396 e. The highest BCUT2D eigenvalue weighted by Gasteiger charge is 2.27. The molecule has 1 rings (SSSR count). The molecule has 2 nitrogen and oxygen atoms in total. The molecule has 0 aliphatic heterocycles. The van der Waals surface area contributed by atoms with Crippen LogP contribution in [0.3, 0.4) is 0 Å². The average molecular weight is 398 g/mol. The minimum absolute atomic E-state index is 0. The summed E-state index contributed by atoms with van der Waals surface area (Å²) < 4.78 is 33.9. The first kappa shape index (κ1) is 33.8. The Morgan fingerprint density at radius 3 is 1.37 bits per heavy atom. The van der Waals surface area contributed by atoms with Crippen molar-refractivity contribution in [1.29, 1.82) is 5.26 Å². The number of nitrogens with zero attached hydrogens (tertiary/aromatic N) is 1. The largest absolute Gasteiger partial charge is 0.396 e. The molecule has 166 valence electrons. The van der Waals surface area contributed by atoms with Crippen LogP contribution in [-0.4, -0.2) is 17.9 Å². The van der Waals surface area contributed by atoms with E-state index in [1.54, 1.807) is 13.8 Å². The molecule has 1 fully saturated rings. The molecule has 0 unspecified atom stereocenters. The van der Waals surface area contributed by atoms with Crippen molar-refractivity contribution in [2.75, 3.05) is 6.61 Å².